The normalized spacial score (nSPS) is 12.1. The summed E-state index contributed by atoms with van der Waals surface area (Å²) in [4.78, 5) is 0. The lowest BCUT2D eigenvalue weighted by Gasteiger charge is -2.17. The van der Waals surface area contributed by atoms with Gasteiger partial charge in [0.1, 0.15) is 0 Å². The Balaban J connectivity index is 2.07. The van der Waals surface area contributed by atoms with Crippen LogP contribution in [0.3, 0.4) is 0 Å². The molecular weight excluding hydrogens is 242 g/mol. The average Bonchev–Trinajstić information content (AvgIpc) is 2.56. The molecule has 0 aliphatic carbocycles. The summed E-state index contributed by atoms with van der Waals surface area (Å²) in [7, 11) is 0. The minimum absolute atomic E-state index is 0.104. The summed E-state index contributed by atoms with van der Waals surface area (Å²) < 4.78 is 0. The van der Waals surface area contributed by atoms with E-state index in [2.05, 4.69) is 54.6 Å². The maximum absolute atomic E-state index is 6.45. The molecule has 0 fully saturated rings. The van der Waals surface area contributed by atoms with Crippen LogP contribution in [0.15, 0.2) is 84.9 Å². The van der Waals surface area contributed by atoms with Crippen molar-refractivity contribution in [3.05, 3.63) is 96.1 Å². The molecule has 0 saturated heterocycles. The minimum Gasteiger partial charge on any atom is -0.320 e. The van der Waals surface area contributed by atoms with Gasteiger partial charge in [-0.05, 0) is 22.3 Å². The van der Waals surface area contributed by atoms with Crippen molar-refractivity contribution in [3.8, 4) is 11.1 Å². The van der Waals surface area contributed by atoms with Gasteiger partial charge >= 0.3 is 0 Å². The van der Waals surface area contributed by atoms with Gasteiger partial charge in [-0.3, -0.25) is 0 Å². The molecule has 1 unspecified atom stereocenters. The van der Waals surface area contributed by atoms with Crippen LogP contribution in [-0.2, 0) is 0 Å². The second-order valence-electron chi connectivity index (χ2n) is 4.84. The van der Waals surface area contributed by atoms with Crippen LogP contribution in [0.1, 0.15) is 17.2 Å². The van der Waals surface area contributed by atoms with Crippen molar-refractivity contribution in [2.75, 3.05) is 0 Å². The van der Waals surface area contributed by atoms with Crippen molar-refractivity contribution in [1.29, 1.82) is 0 Å². The Labute approximate surface area is 119 Å². The van der Waals surface area contributed by atoms with Gasteiger partial charge in [0, 0.05) is 0 Å². The van der Waals surface area contributed by atoms with E-state index in [0.717, 1.165) is 11.1 Å². The maximum Gasteiger partial charge on any atom is 0.0557 e. The number of nitrogens with two attached hydrogens (primary N) is 1. The molecule has 0 saturated carbocycles. The average molecular weight is 259 g/mol. The first-order chi connectivity index (χ1) is 9.86. The third kappa shape index (κ3) is 2.49. The van der Waals surface area contributed by atoms with Crippen LogP contribution in [0.2, 0.25) is 0 Å². The molecule has 1 nitrogen and oxygen atoms in total. The number of hydrogen-bond donors (Lipinski definition) is 1. The van der Waals surface area contributed by atoms with Gasteiger partial charge in [-0.1, -0.05) is 84.9 Å². The zero-order valence-corrected chi connectivity index (χ0v) is 11.2. The maximum atomic E-state index is 6.45. The SMILES string of the molecule is NC(c1ccccc1)c1ccccc1-c1ccccc1. The standard InChI is InChI=1S/C19H17N/c20-19(16-11-5-2-6-12-16)18-14-8-7-13-17(18)15-9-3-1-4-10-15/h1-14,19H,20H2. The first kappa shape index (κ1) is 12.6. The summed E-state index contributed by atoms with van der Waals surface area (Å²) in [6.45, 7) is 0. The van der Waals surface area contributed by atoms with Crippen LogP contribution in [0.5, 0.6) is 0 Å². The predicted molar refractivity (Wildman–Crippen MR) is 84.4 cm³/mol. The summed E-state index contributed by atoms with van der Waals surface area (Å²) in [5.41, 5.74) is 11.1. The van der Waals surface area contributed by atoms with Crippen LogP contribution in [0.4, 0.5) is 0 Å². The van der Waals surface area contributed by atoms with E-state index < -0.39 is 0 Å². The second kappa shape index (κ2) is 5.72. The topological polar surface area (TPSA) is 26.0 Å². The Kier molecular flexibility index (Phi) is 3.62. The molecule has 98 valence electrons. The van der Waals surface area contributed by atoms with E-state index >= 15 is 0 Å². The molecule has 0 aliphatic rings. The molecule has 0 aromatic heterocycles. The van der Waals surface area contributed by atoms with E-state index in [1.165, 1.54) is 11.1 Å². The lowest BCUT2D eigenvalue weighted by atomic mass is 9.92. The fraction of sp³-hybridized carbons (Fsp3) is 0.0526. The Morgan fingerprint density at radius 2 is 1.15 bits per heavy atom. The Bertz CT molecular complexity index is 674. The molecular formula is C19H17N. The molecule has 0 heterocycles. The van der Waals surface area contributed by atoms with Crippen molar-refractivity contribution < 1.29 is 0 Å². The van der Waals surface area contributed by atoms with E-state index in [9.17, 15) is 0 Å². The molecule has 0 amide bonds. The van der Waals surface area contributed by atoms with E-state index in [-0.39, 0.29) is 6.04 Å². The molecule has 1 heteroatoms. The van der Waals surface area contributed by atoms with Gasteiger partial charge in [0.25, 0.3) is 0 Å². The van der Waals surface area contributed by atoms with Gasteiger partial charge in [-0.15, -0.1) is 0 Å². The van der Waals surface area contributed by atoms with Crippen LogP contribution in [0.25, 0.3) is 11.1 Å². The Hall–Kier alpha value is -2.38. The van der Waals surface area contributed by atoms with Gasteiger partial charge in [-0.2, -0.15) is 0 Å². The molecule has 0 bridgehead atoms. The van der Waals surface area contributed by atoms with Crippen LogP contribution < -0.4 is 5.73 Å². The highest BCUT2D eigenvalue weighted by Crippen LogP contribution is 2.30. The molecule has 0 spiro atoms. The molecule has 3 aromatic carbocycles. The minimum atomic E-state index is -0.104. The molecule has 1 atom stereocenters. The third-order valence-electron chi connectivity index (χ3n) is 3.54. The number of rotatable bonds is 3. The highest BCUT2D eigenvalue weighted by atomic mass is 14.6. The van der Waals surface area contributed by atoms with Crippen molar-refractivity contribution >= 4 is 0 Å². The highest BCUT2D eigenvalue weighted by Gasteiger charge is 2.13. The van der Waals surface area contributed by atoms with E-state index in [4.69, 9.17) is 5.73 Å². The first-order valence-electron chi connectivity index (χ1n) is 6.81. The number of hydrogen-bond acceptors (Lipinski definition) is 1. The summed E-state index contributed by atoms with van der Waals surface area (Å²) in [5.74, 6) is 0. The fourth-order valence-electron chi connectivity index (χ4n) is 2.49. The van der Waals surface area contributed by atoms with Gasteiger partial charge in [0.05, 0.1) is 6.04 Å². The quantitative estimate of drug-likeness (QED) is 0.741. The molecule has 0 radical (unpaired) electrons. The van der Waals surface area contributed by atoms with Gasteiger partial charge in [0.15, 0.2) is 0 Å². The summed E-state index contributed by atoms with van der Waals surface area (Å²) in [6, 6.07) is 28.9. The van der Waals surface area contributed by atoms with Crippen molar-refractivity contribution in [2.45, 2.75) is 6.04 Å². The van der Waals surface area contributed by atoms with Crippen LogP contribution in [0, 0.1) is 0 Å². The van der Waals surface area contributed by atoms with Gasteiger partial charge in [0.2, 0.25) is 0 Å². The molecule has 0 aliphatic heterocycles. The summed E-state index contributed by atoms with van der Waals surface area (Å²) in [6.07, 6.45) is 0. The summed E-state index contributed by atoms with van der Waals surface area (Å²) >= 11 is 0. The van der Waals surface area contributed by atoms with Crippen molar-refractivity contribution in [1.82, 2.24) is 0 Å². The highest BCUT2D eigenvalue weighted by molar-refractivity contribution is 5.68. The Morgan fingerprint density at radius 3 is 1.85 bits per heavy atom. The van der Waals surface area contributed by atoms with Gasteiger partial charge < -0.3 is 5.73 Å². The van der Waals surface area contributed by atoms with Crippen LogP contribution >= 0.6 is 0 Å². The van der Waals surface area contributed by atoms with Crippen molar-refractivity contribution in [3.63, 3.8) is 0 Å². The smallest absolute Gasteiger partial charge is 0.0557 e. The van der Waals surface area contributed by atoms with Crippen molar-refractivity contribution in [2.24, 2.45) is 5.73 Å². The monoisotopic (exact) mass is 259 g/mol. The lowest BCUT2D eigenvalue weighted by molar-refractivity contribution is 0.874. The number of benzene rings is 3. The van der Waals surface area contributed by atoms with E-state index in [1.807, 2.05) is 30.3 Å². The second-order valence-corrected chi connectivity index (χ2v) is 4.84. The van der Waals surface area contributed by atoms with E-state index in [0.29, 0.717) is 0 Å². The molecule has 3 rings (SSSR count). The zero-order valence-electron chi connectivity index (χ0n) is 11.2. The Morgan fingerprint density at radius 1 is 0.600 bits per heavy atom. The third-order valence-corrected chi connectivity index (χ3v) is 3.54. The van der Waals surface area contributed by atoms with Gasteiger partial charge in [-0.25, -0.2) is 0 Å². The lowest BCUT2D eigenvalue weighted by Crippen LogP contribution is -2.12. The predicted octanol–water partition coefficient (Wildman–Crippen LogP) is 4.40. The van der Waals surface area contributed by atoms with Crippen LogP contribution in [-0.4, -0.2) is 0 Å². The molecule has 20 heavy (non-hydrogen) atoms. The molecule has 3 aromatic rings. The summed E-state index contributed by atoms with van der Waals surface area (Å²) in [5, 5.41) is 0. The largest absolute Gasteiger partial charge is 0.320 e. The van der Waals surface area contributed by atoms with E-state index in [1.54, 1.807) is 0 Å². The zero-order chi connectivity index (χ0) is 13.8. The first-order valence-corrected chi connectivity index (χ1v) is 6.81. The fourth-order valence-corrected chi connectivity index (χ4v) is 2.49. The molecule has 2 N–H and O–H groups in total.